The number of anilines is 3. The van der Waals surface area contributed by atoms with E-state index in [0.717, 1.165) is 36.3 Å². The van der Waals surface area contributed by atoms with Gasteiger partial charge in [-0.15, -0.1) is 0 Å². The average molecular weight is 505 g/mol. The fourth-order valence-corrected chi connectivity index (χ4v) is 4.71. The van der Waals surface area contributed by atoms with E-state index in [1.807, 2.05) is 24.5 Å². The molecule has 3 N–H and O–H groups in total. The van der Waals surface area contributed by atoms with Gasteiger partial charge in [-0.05, 0) is 61.8 Å². The van der Waals surface area contributed by atoms with Crippen LogP contribution in [0, 0.1) is 0 Å². The number of hydrogen-bond acceptors (Lipinski definition) is 6. The Labute approximate surface area is 215 Å². The molecule has 1 amide bonds. The number of alkyl halides is 2. The maximum Gasteiger partial charge on any atom is 0.266 e. The Kier molecular flexibility index (Phi) is 6.88. The molecule has 2 aliphatic rings. The Morgan fingerprint density at radius 1 is 1.14 bits per heavy atom. The van der Waals surface area contributed by atoms with Crippen LogP contribution in [-0.2, 0) is 11.3 Å². The molecule has 2 saturated heterocycles. The number of carbonyl (C=O) groups excluding carboxylic acids is 1. The second kappa shape index (κ2) is 10.3. The summed E-state index contributed by atoms with van der Waals surface area (Å²) in [7, 11) is 0. The number of nitrogens with one attached hydrogen (secondary N) is 1. The second-order valence-corrected chi connectivity index (χ2v) is 9.60. The van der Waals surface area contributed by atoms with Crippen molar-refractivity contribution in [2.75, 3.05) is 42.1 Å². The first-order valence-electron chi connectivity index (χ1n) is 12.4. The van der Waals surface area contributed by atoms with E-state index in [1.54, 1.807) is 31.2 Å². The number of nitrogens with zero attached hydrogens (tertiary/aromatic N) is 4. The smallest absolute Gasteiger partial charge is 0.266 e. The normalized spacial score (nSPS) is 17.5. The lowest BCUT2D eigenvalue weighted by atomic mass is 9.96. The minimum absolute atomic E-state index is 0.208. The Hall–Kier alpha value is -3.85. The number of nitrogens with two attached hydrogens (primary N) is 1. The highest BCUT2D eigenvalue weighted by Crippen LogP contribution is 2.32. The van der Waals surface area contributed by atoms with Crippen molar-refractivity contribution in [1.82, 2.24) is 14.9 Å². The molecule has 2 aromatic heterocycles. The van der Waals surface area contributed by atoms with Crippen molar-refractivity contribution in [3.8, 4) is 11.1 Å². The number of carbonyl (C=O) groups is 1. The number of aromatic nitrogens is 2. The van der Waals surface area contributed by atoms with Gasteiger partial charge in [-0.3, -0.25) is 14.7 Å². The van der Waals surface area contributed by atoms with Gasteiger partial charge >= 0.3 is 0 Å². The van der Waals surface area contributed by atoms with Gasteiger partial charge in [0.2, 0.25) is 0 Å². The molecule has 0 unspecified atom stereocenters. The predicted molar refractivity (Wildman–Crippen MR) is 142 cm³/mol. The van der Waals surface area contributed by atoms with E-state index in [2.05, 4.69) is 26.3 Å². The molecular formula is C28H30F2N6O. The predicted octanol–water partition coefficient (Wildman–Crippen LogP) is 4.82. The van der Waals surface area contributed by atoms with Gasteiger partial charge in [0.25, 0.3) is 11.8 Å². The maximum atomic E-state index is 13.7. The number of likely N-dealkylation sites (tertiary alicyclic amines) is 1. The molecule has 1 aromatic carbocycles. The lowest BCUT2D eigenvalue weighted by Crippen LogP contribution is -2.36. The SMILES string of the molecule is CC=C(C(=O)Nc1ccnc(N2CCC(F)(F)C2)c1)c1cc(-c2cncc(CN3CCC3)c2)ccc1N. The minimum atomic E-state index is -2.73. The van der Waals surface area contributed by atoms with Gasteiger partial charge in [0.15, 0.2) is 0 Å². The molecule has 3 aromatic rings. The highest BCUT2D eigenvalue weighted by Gasteiger charge is 2.38. The lowest BCUT2D eigenvalue weighted by molar-refractivity contribution is -0.111. The van der Waals surface area contributed by atoms with Gasteiger partial charge < -0.3 is 16.0 Å². The summed E-state index contributed by atoms with van der Waals surface area (Å²) in [5.41, 5.74) is 11.3. The first-order chi connectivity index (χ1) is 17.8. The Bertz CT molecular complexity index is 1340. The van der Waals surface area contributed by atoms with Crippen LogP contribution in [0.5, 0.6) is 0 Å². The molecule has 0 saturated carbocycles. The molecule has 2 aliphatic heterocycles. The third-order valence-electron chi connectivity index (χ3n) is 6.86. The van der Waals surface area contributed by atoms with Crippen molar-refractivity contribution >= 4 is 28.7 Å². The summed E-state index contributed by atoms with van der Waals surface area (Å²) in [5.74, 6) is -2.67. The zero-order valence-electron chi connectivity index (χ0n) is 20.8. The number of benzene rings is 1. The van der Waals surface area contributed by atoms with Crippen LogP contribution in [0.2, 0.25) is 0 Å². The molecule has 4 heterocycles. The zero-order valence-corrected chi connectivity index (χ0v) is 20.8. The van der Waals surface area contributed by atoms with Crippen molar-refractivity contribution in [3.63, 3.8) is 0 Å². The number of amides is 1. The third-order valence-corrected chi connectivity index (χ3v) is 6.86. The molecule has 0 radical (unpaired) electrons. The van der Waals surface area contributed by atoms with E-state index >= 15 is 0 Å². The fraction of sp³-hybridized carbons (Fsp3) is 0.321. The first-order valence-corrected chi connectivity index (χ1v) is 12.4. The van der Waals surface area contributed by atoms with Gasteiger partial charge in [0.1, 0.15) is 5.82 Å². The molecule has 0 aliphatic carbocycles. The van der Waals surface area contributed by atoms with Crippen LogP contribution in [0.1, 0.15) is 30.9 Å². The molecule has 7 nitrogen and oxygen atoms in total. The number of nitrogen functional groups attached to an aromatic ring is 1. The van der Waals surface area contributed by atoms with Crippen molar-refractivity contribution < 1.29 is 13.6 Å². The van der Waals surface area contributed by atoms with E-state index in [9.17, 15) is 13.6 Å². The number of pyridine rings is 2. The van der Waals surface area contributed by atoms with Crippen molar-refractivity contribution in [2.24, 2.45) is 0 Å². The van der Waals surface area contributed by atoms with E-state index in [4.69, 9.17) is 5.73 Å². The Balaban J connectivity index is 1.35. The molecule has 0 bridgehead atoms. The Morgan fingerprint density at radius 2 is 1.97 bits per heavy atom. The van der Waals surface area contributed by atoms with Crippen LogP contribution >= 0.6 is 0 Å². The van der Waals surface area contributed by atoms with Gasteiger partial charge in [-0.1, -0.05) is 12.1 Å². The van der Waals surface area contributed by atoms with E-state index in [0.29, 0.717) is 28.3 Å². The molecule has 9 heteroatoms. The van der Waals surface area contributed by atoms with E-state index in [1.165, 1.54) is 17.5 Å². The van der Waals surface area contributed by atoms with Crippen molar-refractivity contribution in [2.45, 2.75) is 32.2 Å². The third kappa shape index (κ3) is 5.61. The van der Waals surface area contributed by atoms with Crippen LogP contribution in [0.4, 0.5) is 26.0 Å². The van der Waals surface area contributed by atoms with Crippen LogP contribution in [0.25, 0.3) is 16.7 Å². The minimum Gasteiger partial charge on any atom is -0.398 e. The highest BCUT2D eigenvalue weighted by atomic mass is 19.3. The summed E-state index contributed by atoms with van der Waals surface area (Å²) < 4.78 is 27.3. The fourth-order valence-electron chi connectivity index (χ4n) is 4.71. The summed E-state index contributed by atoms with van der Waals surface area (Å²) in [6.45, 7) is 4.71. The molecule has 0 atom stereocenters. The summed E-state index contributed by atoms with van der Waals surface area (Å²) in [6, 6.07) is 11.0. The quantitative estimate of drug-likeness (QED) is 0.354. The van der Waals surface area contributed by atoms with Gasteiger partial charge in [-0.25, -0.2) is 13.8 Å². The van der Waals surface area contributed by atoms with Gasteiger partial charge in [0, 0.05) is 72.2 Å². The molecule has 2 fully saturated rings. The summed E-state index contributed by atoms with van der Waals surface area (Å²) in [4.78, 5) is 25.8. The zero-order chi connectivity index (χ0) is 26.0. The lowest BCUT2D eigenvalue weighted by Gasteiger charge is -2.30. The largest absolute Gasteiger partial charge is 0.398 e. The molecule has 37 heavy (non-hydrogen) atoms. The standard InChI is InChI=1S/C28H30F2N6O/c1-2-23(27(37)34-22-6-8-33-26(14-22)36-11-7-28(29,30)18-36)24-13-20(4-5-25(24)31)21-12-19(15-32-16-21)17-35-9-3-10-35/h2,4-6,8,12-16H,3,7,9-11,17-18,31H2,1H3,(H,33,34,37). The molecule has 192 valence electrons. The van der Waals surface area contributed by atoms with Crippen LogP contribution in [-0.4, -0.2) is 52.9 Å². The highest BCUT2D eigenvalue weighted by molar-refractivity contribution is 6.26. The summed E-state index contributed by atoms with van der Waals surface area (Å²) in [6.07, 6.45) is 7.94. The number of rotatable bonds is 7. The van der Waals surface area contributed by atoms with E-state index < -0.39 is 5.92 Å². The molecule has 0 spiro atoms. The monoisotopic (exact) mass is 504 g/mol. The van der Waals surface area contributed by atoms with Crippen molar-refractivity contribution in [1.29, 1.82) is 0 Å². The van der Waals surface area contributed by atoms with Crippen LogP contribution in [0.3, 0.4) is 0 Å². The number of halogens is 2. The first kappa shape index (κ1) is 24.8. The summed E-state index contributed by atoms with van der Waals surface area (Å²) in [5, 5.41) is 2.87. The van der Waals surface area contributed by atoms with E-state index in [-0.39, 0.29) is 25.4 Å². The number of allylic oxidation sites excluding steroid dienone is 1. The second-order valence-electron chi connectivity index (χ2n) is 9.60. The van der Waals surface area contributed by atoms with Gasteiger partial charge in [-0.2, -0.15) is 0 Å². The molecular weight excluding hydrogens is 474 g/mol. The average Bonchev–Trinajstić information content (AvgIpc) is 3.23. The molecule has 5 rings (SSSR count). The van der Waals surface area contributed by atoms with Crippen LogP contribution < -0.4 is 16.0 Å². The topological polar surface area (TPSA) is 87.4 Å². The number of hydrogen-bond donors (Lipinski definition) is 2. The maximum absolute atomic E-state index is 13.7. The van der Waals surface area contributed by atoms with Crippen molar-refractivity contribution in [3.05, 3.63) is 72.2 Å². The Morgan fingerprint density at radius 3 is 2.68 bits per heavy atom. The van der Waals surface area contributed by atoms with Gasteiger partial charge in [0.05, 0.1) is 6.54 Å². The van der Waals surface area contributed by atoms with Crippen LogP contribution in [0.15, 0.2) is 61.1 Å². The summed E-state index contributed by atoms with van der Waals surface area (Å²) >= 11 is 0.